The number of methoxy groups -OCH3 is 1. The van der Waals surface area contributed by atoms with Crippen LogP contribution in [0.5, 0.6) is 0 Å². The molecule has 4 nitrogen and oxygen atoms in total. The highest BCUT2D eigenvalue weighted by Crippen LogP contribution is 2.31. The Bertz CT molecular complexity index is 571. The Labute approximate surface area is 140 Å². The van der Waals surface area contributed by atoms with Gasteiger partial charge in [0.2, 0.25) is 5.91 Å². The van der Waals surface area contributed by atoms with Crippen LogP contribution < -0.4 is 0 Å². The van der Waals surface area contributed by atoms with E-state index in [9.17, 15) is 18.0 Å². The lowest BCUT2D eigenvalue weighted by molar-refractivity contribution is -0.137. The van der Waals surface area contributed by atoms with Crippen LogP contribution in [-0.4, -0.2) is 57.1 Å². The van der Waals surface area contributed by atoms with Crippen LogP contribution in [-0.2, 0) is 15.7 Å². The number of hydrogen-bond acceptors (Lipinski definition) is 3. The molecule has 0 spiro atoms. The Hall–Kier alpha value is -1.86. The van der Waals surface area contributed by atoms with Crippen molar-refractivity contribution < 1.29 is 22.7 Å². The van der Waals surface area contributed by atoms with Crippen LogP contribution in [0.2, 0.25) is 0 Å². The summed E-state index contributed by atoms with van der Waals surface area (Å²) in [5, 5.41) is 0. The Balaban J connectivity index is 3.01. The van der Waals surface area contributed by atoms with E-state index in [2.05, 4.69) is 0 Å². The van der Waals surface area contributed by atoms with Crippen molar-refractivity contribution in [3.05, 3.63) is 47.5 Å². The molecule has 0 aromatic heterocycles. The average molecular weight is 344 g/mol. The van der Waals surface area contributed by atoms with Gasteiger partial charge in [0.1, 0.15) is 0 Å². The van der Waals surface area contributed by atoms with Gasteiger partial charge in [-0.05, 0) is 31.8 Å². The van der Waals surface area contributed by atoms with Gasteiger partial charge in [0.05, 0.1) is 18.2 Å². The van der Waals surface area contributed by atoms with Gasteiger partial charge in [-0.1, -0.05) is 18.2 Å². The van der Waals surface area contributed by atoms with Crippen LogP contribution >= 0.6 is 0 Å². The highest BCUT2D eigenvalue weighted by Gasteiger charge is 2.31. The maximum absolute atomic E-state index is 12.9. The molecule has 0 fully saturated rings. The topological polar surface area (TPSA) is 32.8 Å². The van der Waals surface area contributed by atoms with Crippen LogP contribution in [0, 0.1) is 0 Å². The summed E-state index contributed by atoms with van der Waals surface area (Å²) in [5.41, 5.74) is -0.367. The minimum Gasteiger partial charge on any atom is -0.382 e. The first-order valence-corrected chi connectivity index (χ1v) is 7.41. The van der Waals surface area contributed by atoms with Crippen molar-refractivity contribution in [2.75, 3.05) is 41.4 Å². The molecule has 0 bridgehead atoms. The molecule has 0 saturated carbocycles. The van der Waals surface area contributed by atoms with Crippen LogP contribution in [0.15, 0.2) is 36.4 Å². The molecule has 0 aliphatic heterocycles. The molecule has 0 aliphatic carbocycles. The summed E-state index contributed by atoms with van der Waals surface area (Å²) in [4.78, 5) is 15.5. The van der Waals surface area contributed by atoms with E-state index in [1.807, 2.05) is 19.0 Å². The zero-order chi connectivity index (χ0) is 18.3. The number of alkyl halides is 3. The van der Waals surface area contributed by atoms with Gasteiger partial charge in [-0.25, -0.2) is 0 Å². The lowest BCUT2D eigenvalue weighted by Gasteiger charge is -2.27. The first kappa shape index (κ1) is 20.2. The number of halogens is 3. The first-order chi connectivity index (χ1) is 11.2. The smallest absolute Gasteiger partial charge is 0.382 e. The monoisotopic (exact) mass is 344 g/mol. The molecular weight excluding hydrogens is 321 g/mol. The number of rotatable bonds is 7. The fraction of sp³-hybridized carbons (Fsp3) is 0.471. The predicted molar refractivity (Wildman–Crippen MR) is 86.5 cm³/mol. The fourth-order valence-corrected chi connectivity index (χ4v) is 2.15. The molecule has 1 unspecified atom stereocenters. The molecule has 7 heteroatoms. The van der Waals surface area contributed by atoms with Crippen molar-refractivity contribution in [2.24, 2.45) is 0 Å². The van der Waals surface area contributed by atoms with E-state index < -0.39 is 17.8 Å². The maximum Gasteiger partial charge on any atom is 0.416 e. The lowest BCUT2D eigenvalue weighted by Crippen LogP contribution is -2.33. The number of amides is 1. The van der Waals surface area contributed by atoms with E-state index in [1.165, 1.54) is 24.2 Å². The van der Waals surface area contributed by atoms with Gasteiger partial charge in [0.15, 0.2) is 0 Å². The quantitative estimate of drug-likeness (QED) is 0.713. The van der Waals surface area contributed by atoms with Crippen molar-refractivity contribution >= 4 is 5.91 Å². The standard InChI is InChI=1S/C17H23F3N2O2/c1-21(2)10-6-9-16(23)22(3)15(12-24-4)13-7-5-8-14(11-13)17(18,19)20/h5-9,11,15H,10,12H2,1-4H3/b9-6+. The summed E-state index contributed by atoms with van der Waals surface area (Å²) in [6.45, 7) is 0.698. The Morgan fingerprint density at radius 1 is 1.29 bits per heavy atom. The number of hydrogen-bond donors (Lipinski definition) is 0. The number of carbonyl (C=O) groups excluding carboxylic acids is 1. The SMILES string of the molecule is COCC(c1cccc(C(F)(F)F)c1)N(C)C(=O)/C=C/CN(C)C. The first-order valence-electron chi connectivity index (χ1n) is 7.41. The molecule has 1 rings (SSSR count). The normalized spacial score (nSPS) is 13.5. The summed E-state index contributed by atoms with van der Waals surface area (Å²) in [6, 6.07) is 4.35. The van der Waals surface area contributed by atoms with Gasteiger partial charge in [-0.3, -0.25) is 4.79 Å². The maximum atomic E-state index is 12.9. The number of benzene rings is 1. The summed E-state index contributed by atoms with van der Waals surface area (Å²) in [5.74, 6) is -0.295. The lowest BCUT2D eigenvalue weighted by atomic mass is 10.0. The molecule has 134 valence electrons. The molecule has 1 aromatic rings. The predicted octanol–water partition coefficient (Wildman–Crippen LogP) is 2.97. The van der Waals surface area contributed by atoms with Gasteiger partial charge in [0.25, 0.3) is 0 Å². The van der Waals surface area contributed by atoms with Crippen LogP contribution in [0.4, 0.5) is 13.2 Å². The van der Waals surface area contributed by atoms with Crippen molar-refractivity contribution in [3.8, 4) is 0 Å². The van der Waals surface area contributed by atoms with Crippen LogP contribution in [0.1, 0.15) is 17.2 Å². The minimum absolute atomic E-state index is 0.102. The Morgan fingerprint density at radius 3 is 2.50 bits per heavy atom. The molecule has 0 N–H and O–H groups in total. The second kappa shape index (κ2) is 8.84. The Kier molecular flexibility index (Phi) is 7.44. The number of likely N-dealkylation sites (N-methyl/N-ethyl adjacent to an activating group) is 2. The second-order valence-corrected chi connectivity index (χ2v) is 5.71. The third-order valence-electron chi connectivity index (χ3n) is 3.47. The highest BCUT2D eigenvalue weighted by molar-refractivity contribution is 5.87. The zero-order valence-electron chi connectivity index (χ0n) is 14.3. The zero-order valence-corrected chi connectivity index (χ0v) is 14.3. The molecule has 0 heterocycles. The average Bonchev–Trinajstić information content (AvgIpc) is 2.50. The van der Waals surface area contributed by atoms with Crippen LogP contribution in [0.3, 0.4) is 0 Å². The van der Waals surface area contributed by atoms with Gasteiger partial charge in [-0.2, -0.15) is 13.2 Å². The van der Waals surface area contributed by atoms with E-state index >= 15 is 0 Å². The largest absolute Gasteiger partial charge is 0.416 e. The van der Waals surface area contributed by atoms with Crippen molar-refractivity contribution in [1.82, 2.24) is 9.80 Å². The van der Waals surface area contributed by atoms with Crippen molar-refractivity contribution in [2.45, 2.75) is 12.2 Å². The number of nitrogens with zero attached hydrogens (tertiary/aromatic N) is 2. The minimum atomic E-state index is -4.43. The summed E-state index contributed by atoms with van der Waals surface area (Å²) >= 11 is 0. The molecule has 0 radical (unpaired) electrons. The fourth-order valence-electron chi connectivity index (χ4n) is 2.15. The van der Waals surface area contributed by atoms with E-state index in [0.29, 0.717) is 12.1 Å². The molecule has 0 saturated heterocycles. The van der Waals surface area contributed by atoms with E-state index in [4.69, 9.17) is 4.74 Å². The third kappa shape index (κ3) is 5.98. The van der Waals surface area contributed by atoms with E-state index in [1.54, 1.807) is 19.2 Å². The molecule has 24 heavy (non-hydrogen) atoms. The molecule has 1 atom stereocenters. The summed E-state index contributed by atoms with van der Waals surface area (Å²) in [7, 11) is 6.73. The number of ether oxygens (including phenoxy) is 1. The Morgan fingerprint density at radius 2 is 1.96 bits per heavy atom. The molecule has 1 amide bonds. The van der Waals surface area contributed by atoms with Crippen molar-refractivity contribution in [1.29, 1.82) is 0 Å². The van der Waals surface area contributed by atoms with Gasteiger partial charge in [-0.15, -0.1) is 0 Å². The van der Waals surface area contributed by atoms with Gasteiger partial charge < -0.3 is 14.5 Å². The summed E-state index contributed by atoms with van der Waals surface area (Å²) in [6.07, 6.45) is -1.31. The van der Waals surface area contributed by atoms with E-state index in [0.717, 1.165) is 12.1 Å². The molecular formula is C17H23F3N2O2. The highest BCUT2D eigenvalue weighted by atomic mass is 19.4. The molecule has 0 aliphatic rings. The molecule has 1 aromatic carbocycles. The van der Waals surface area contributed by atoms with E-state index in [-0.39, 0.29) is 12.5 Å². The third-order valence-corrected chi connectivity index (χ3v) is 3.47. The van der Waals surface area contributed by atoms with Crippen LogP contribution in [0.25, 0.3) is 0 Å². The second-order valence-electron chi connectivity index (χ2n) is 5.71. The summed E-state index contributed by atoms with van der Waals surface area (Å²) < 4.78 is 43.8. The number of carbonyl (C=O) groups is 1. The van der Waals surface area contributed by atoms with Crippen molar-refractivity contribution in [3.63, 3.8) is 0 Å². The van der Waals surface area contributed by atoms with Gasteiger partial charge in [0, 0.05) is 26.8 Å². The van der Waals surface area contributed by atoms with Gasteiger partial charge >= 0.3 is 6.18 Å².